The fourth-order valence-electron chi connectivity index (χ4n) is 3.00. The number of nitrogens with zero attached hydrogens (tertiary/aromatic N) is 1. The van der Waals surface area contributed by atoms with Gasteiger partial charge in [0.1, 0.15) is 5.69 Å². The molecule has 0 saturated heterocycles. The molecule has 4 N–H and O–H groups in total. The van der Waals surface area contributed by atoms with Gasteiger partial charge in [0.05, 0.1) is 5.69 Å². The summed E-state index contributed by atoms with van der Waals surface area (Å²) in [6.07, 6.45) is 3.11. The molecule has 0 unspecified atom stereocenters. The van der Waals surface area contributed by atoms with Gasteiger partial charge >= 0.3 is 0 Å². The van der Waals surface area contributed by atoms with E-state index in [1.54, 1.807) is 30.6 Å². The SMILES string of the molecule is Cc1cc(NC(=O)c2cc(-c3c[nH]c(=O)c(N)c3)ccn2)ccc1C(C)C. The van der Waals surface area contributed by atoms with Gasteiger partial charge in [-0.2, -0.15) is 0 Å². The van der Waals surface area contributed by atoms with Crippen molar-refractivity contribution in [2.24, 2.45) is 0 Å². The molecule has 0 atom stereocenters. The Morgan fingerprint density at radius 1 is 1.15 bits per heavy atom. The second kappa shape index (κ2) is 7.45. The number of nitrogens with two attached hydrogens (primary N) is 1. The summed E-state index contributed by atoms with van der Waals surface area (Å²) in [5, 5.41) is 2.88. The van der Waals surface area contributed by atoms with Gasteiger partial charge in [-0.05, 0) is 59.9 Å². The van der Waals surface area contributed by atoms with Crippen LogP contribution in [0, 0.1) is 6.92 Å². The lowest BCUT2D eigenvalue weighted by Gasteiger charge is -2.12. The normalized spacial score (nSPS) is 10.8. The highest BCUT2D eigenvalue weighted by Crippen LogP contribution is 2.23. The van der Waals surface area contributed by atoms with Gasteiger partial charge in [-0.1, -0.05) is 19.9 Å². The summed E-state index contributed by atoms with van der Waals surface area (Å²) in [6, 6.07) is 10.9. The Morgan fingerprint density at radius 2 is 1.93 bits per heavy atom. The predicted molar refractivity (Wildman–Crippen MR) is 108 cm³/mol. The number of hydrogen-bond acceptors (Lipinski definition) is 4. The van der Waals surface area contributed by atoms with Gasteiger partial charge < -0.3 is 16.0 Å². The average Bonchev–Trinajstić information content (AvgIpc) is 2.64. The lowest BCUT2D eigenvalue weighted by Crippen LogP contribution is -2.14. The summed E-state index contributed by atoms with van der Waals surface area (Å²) in [7, 11) is 0. The molecule has 0 bridgehead atoms. The topological polar surface area (TPSA) is 101 Å². The summed E-state index contributed by atoms with van der Waals surface area (Å²) >= 11 is 0. The van der Waals surface area contributed by atoms with Crippen LogP contribution in [0.5, 0.6) is 0 Å². The number of anilines is 2. The molecule has 0 saturated carbocycles. The number of benzene rings is 1. The lowest BCUT2D eigenvalue weighted by molar-refractivity contribution is 0.102. The molecule has 1 amide bonds. The molecule has 27 heavy (non-hydrogen) atoms. The molecule has 2 aromatic heterocycles. The molecule has 138 valence electrons. The van der Waals surface area contributed by atoms with E-state index in [1.165, 1.54) is 5.56 Å². The zero-order valence-electron chi connectivity index (χ0n) is 15.5. The van der Waals surface area contributed by atoms with E-state index in [-0.39, 0.29) is 22.8 Å². The number of amides is 1. The van der Waals surface area contributed by atoms with E-state index in [0.717, 1.165) is 16.8 Å². The molecule has 6 heteroatoms. The Bertz CT molecular complexity index is 1050. The van der Waals surface area contributed by atoms with Crippen LogP contribution in [0.2, 0.25) is 0 Å². The van der Waals surface area contributed by atoms with Gasteiger partial charge in [0.2, 0.25) is 0 Å². The molecule has 0 aliphatic heterocycles. The van der Waals surface area contributed by atoms with E-state index in [1.807, 2.05) is 25.1 Å². The second-order valence-corrected chi connectivity index (χ2v) is 6.78. The minimum Gasteiger partial charge on any atom is -0.394 e. The predicted octanol–water partition coefficient (Wildman–Crippen LogP) is 3.70. The van der Waals surface area contributed by atoms with Crippen LogP contribution in [0.15, 0.2) is 53.6 Å². The zero-order valence-corrected chi connectivity index (χ0v) is 15.5. The Labute approximate surface area is 157 Å². The average molecular weight is 362 g/mol. The number of aromatic amines is 1. The standard InChI is InChI=1S/C21H22N4O2/c1-12(2)17-5-4-16(8-13(17)3)25-21(27)19-10-14(6-7-23-19)15-9-18(22)20(26)24-11-15/h4-12H,22H2,1-3H3,(H,24,26)(H,25,27). The minimum absolute atomic E-state index is 0.121. The molecular weight excluding hydrogens is 340 g/mol. The van der Waals surface area contributed by atoms with E-state index >= 15 is 0 Å². The van der Waals surface area contributed by atoms with Crippen molar-refractivity contribution in [1.82, 2.24) is 9.97 Å². The number of H-pyrrole nitrogens is 1. The van der Waals surface area contributed by atoms with Crippen molar-refractivity contribution >= 4 is 17.3 Å². The lowest BCUT2D eigenvalue weighted by atomic mass is 9.97. The van der Waals surface area contributed by atoms with E-state index in [0.29, 0.717) is 11.5 Å². The maximum absolute atomic E-state index is 12.6. The molecule has 0 radical (unpaired) electrons. The third-order valence-electron chi connectivity index (χ3n) is 4.41. The summed E-state index contributed by atoms with van der Waals surface area (Å²) in [4.78, 5) is 30.7. The second-order valence-electron chi connectivity index (χ2n) is 6.78. The molecular formula is C21H22N4O2. The highest BCUT2D eigenvalue weighted by atomic mass is 16.2. The molecule has 6 nitrogen and oxygen atoms in total. The first-order valence-corrected chi connectivity index (χ1v) is 8.71. The highest BCUT2D eigenvalue weighted by Gasteiger charge is 2.11. The van der Waals surface area contributed by atoms with Crippen molar-refractivity contribution in [1.29, 1.82) is 0 Å². The highest BCUT2D eigenvalue weighted by molar-refractivity contribution is 6.03. The van der Waals surface area contributed by atoms with Crippen molar-refractivity contribution in [2.75, 3.05) is 11.1 Å². The van der Waals surface area contributed by atoms with Crippen LogP contribution in [0.1, 0.15) is 41.4 Å². The van der Waals surface area contributed by atoms with Crippen molar-refractivity contribution in [3.8, 4) is 11.1 Å². The number of nitrogens with one attached hydrogen (secondary N) is 2. The summed E-state index contributed by atoms with van der Waals surface area (Å²) in [6.45, 7) is 6.31. The molecule has 3 rings (SSSR count). The molecule has 2 heterocycles. The first kappa shape index (κ1) is 18.4. The van der Waals surface area contributed by atoms with Crippen molar-refractivity contribution in [3.05, 3.63) is 76.0 Å². The molecule has 1 aromatic carbocycles. The van der Waals surface area contributed by atoms with Crippen LogP contribution in [0.3, 0.4) is 0 Å². The number of rotatable bonds is 4. The molecule has 0 fully saturated rings. The Hall–Kier alpha value is -3.41. The largest absolute Gasteiger partial charge is 0.394 e. The maximum atomic E-state index is 12.6. The van der Waals surface area contributed by atoms with Crippen molar-refractivity contribution in [2.45, 2.75) is 26.7 Å². The zero-order chi connectivity index (χ0) is 19.6. The van der Waals surface area contributed by atoms with E-state index < -0.39 is 0 Å². The van der Waals surface area contributed by atoms with Gasteiger partial charge in [-0.25, -0.2) is 0 Å². The number of aromatic nitrogens is 2. The maximum Gasteiger partial charge on any atom is 0.274 e. The van der Waals surface area contributed by atoms with E-state index in [9.17, 15) is 9.59 Å². The van der Waals surface area contributed by atoms with Crippen LogP contribution in [0.25, 0.3) is 11.1 Å². The molecule has 3 aromatic rings. The van der Waals surface area contributed by atoms with Crippen LogP contribution >= 0.6 is 0 Å². The first-order valence-electron chi connectivity index (χ1n) is 8.71. The van der Waals surface area contributed by atoms with Gasteiger partial charge in [0.25, 0.3) is 11.5 Å². The quantitative estimate of drug-likeness (QED) is 0.658. The number of carbonyl (C=O) groups is 1. The van der Waals surface area contributed by atoms with Gasteiger partial charge in [-0.15, -0.1) is 0 Å². The van der Waals surface area contributed by atoms with Crippen LogP contribution < -0.4 is 16.6 Å². The summed E-state index contributed by atoms with van der Waals surface area (Å²) in [5.74, 6) is 0.129. The molecule has 0 aliphatic carbocycles. The summed E-state index contributed by atoms with van der Waals surface area (Å²) < 4.78 is 0. The number of pyridine rings is 2. The number of nitrogen functional groups attached to an aromatic ring is 1. The molecule has 0 aliphatic rings. The molecule has 0 spiro atoms. The smallest absolute Gasteiger partial charge is 0.274 e. The fourth-order valence-corrected chi connectivity index (χ4v) is 3.00. The Kier molecular flexibility index (Phi) is 5.07. The van der Waals surface area contributed by atoms with Gasteiger partial charge in [0.15, 0.2) is 0 Å². The van der Waals surface area contributed by atoms with Crippen molar-refractivity contribution in [3.63, 3.8) is 0 Å². The van der Waals surface area contributed by atoms with E-state index in [4.69, 9.17) is 5.73 Å². The number of hydrogen-bond donors (Lipinski definition) is 3. The summed E-state index contributed by atoms with van der Waals surface area (Å²) in [5.41, 5.74) is 10.3. The third kappa shape index (κ3) is 4.06. The van der Waals surface area contributed by atoms with Gasteiger partial charge in [0, 0.05) is 23.6 Å². The van der Waals surface area contributed by atoms with E-state index in [2.05, 4.69) is 29.1 Å². The number of carbonyl (C=O) groups excluding carboxylic acids is 1. The number of aryl methyl sites for hydroxylation is 1. The fraction of sp³-hybridized carbons (Fsp3) is 0.190. The Morgan fingerprint density at radius 3 is 2.59 bits per heavy atom. The minimum atomic E-state index is -0.342. The van der Waals surface area contributed by atoms with Crippen LogP contribution in [0.4, 0.5) is 11.4 Å². The van der Waals surface area contributed by atoms with Crippen molar-refractivity contribution < 1.29 is 4.79 Å². The third-order valence-corrected chi connectivity index (χ3v) is 4.41. The van der Waals surface area contributed by atoms with Gasteiger partial charge in [-0.3, -0.25) is 14.6 Å². The first-order chi connectivity index (χ1) is 12.8. The Balaban J connectivity index is 1.84. The van der Waals surface area contributed by atoms with Crippen LogP contribution in [-0.4, -0.2) is 15.9 Å². The van der Waals surface area contributed by atoms with Crippen LogP contribution in [-0.2, 0) is 0 Å². The monoisotopic (exact) mass is 362 g/mol.